The van der Waals surface area contributed by atoms with Crippen LogP contribution in [0.1, 0.15) is 12.1 Å². The van der Waals surface area contributed by atoms with Crippen LogP contribution in [-0.2, 0) is 11.3 Å². The van der Waals surface area contributed by atoms with Gasteiger partial charge in [-0.2, -0.15) is 0 Å². The second-order valence-electron chi connectivity index (χ2n) is 3.83. The fourth-order valence-corrected chi connectivity index (χ4v) is 1.77. The molecule has 1 aliphatic rings. The Kier molecular flexibility index (Phi) is 3.94. The number of hydrogen-bond acceptors (Lipinski definition) is 3. The van der Waals surface area contributed by atoms with Gasteiger partial charge in [-0.15, -0.1) is 0 Å². The van der Waals surface area contributed by atoms with E-state index < -0.39 is 0 Å². The molecule has 4 heteroatoms. The number of halogens is 1. The fourth-order valence-electron chi connectivity index (χ4n) is 1.66. The highest BCUT2D eigenvalue weighted by molar-refractivity contribution is 6.30. The maximum Gasteiger partial charge on any atom is 0.0589 e. The van der Waals surface area contributed by atoms with E-state index in [2.05, 4.69) is 10.3 Å². The number of pyridine rings is 1. The molecule has 1 aromatic rings. The lowest BCUT2D eigenvalue weighted by Gasteiger charge is -2.08. The van der Waals surface area contributed by atoms with Crippen LogP contribution in [0.4, 0.5) is 0 Å². The minimum Gasteiger partial charge on any atom is -0.381 e. The number of ether oxygens (including phenoxy) is 1. The smallest absolute Gasteiger partial charge is 0.0589 e. The number of aromatic nitrogens is 1. The summed E-state index contributed by atoms with van der Waals surface area (Å²) in [5.41, 5.74) is 1.03. The summed E-state index contributed by atoms with van der Waals surface area (Å²) >= 11 is 5.75. The lowest BCUT2D eigenvalue weighted by atomic mass is 10.1. The van der Waals surface area contributed by atoms with Crippen molar-refractivity contribution >= 4 is 11.6 Å². The number of nitrogens with zero attached hydrogens (tertiary/aromatic N) is 1. The van der Waals surface area contributed by atoms with Gasteiger partial charge in [0.15, 0.2) is 0 Å². The summed E-state index contributed by atoms with van der Waals surface area (Å²) in [6.07, 6.45) is 2.85. The maximum absolute atomic E-state index is 5.75. The molecule has 1 saturated heterocycles. The van der Waals surface area contributed by atoms with Gasteiger partial charge in [-0.3, -0.25) is 4.98 Å². The normalized spacial score (nSPS) is 20.7. The lowest BCUT2D eigenvalue weighted by Crippen LogP contribution is -2.22. The van der Waals surface area contributed by atoms with E-state index >= 15 is 0 Å². The highest BCUT2D eigenvalue weighted by Gasteiger charge is 2.14. The monoisotopic (exact) mass is 226 g/mol. The van der Waals surface area contributed by atoms with E-state index in [0.717, 1.165) is 32.0 Å². The Morgan fingerprint density at radius 3 is 3.13 bits per heavy atom. The SMILES string of the molecule is Clc1ccc(CNCC2CCOC2)nc1. The summed E-state index contributed by atoms with van der Waals surface area (Å²) in [7, 11) is 0. The van der Waals surface area contributed by atoms with Crippen molar-refractivity contribution in [2.75, 3.05) is 19.8 Å². The lowest BCUT2D eigenvalue weighted by molar-refractivity contribution is 0.185. The predicted octanol–water partition coefficient (Wildman–Crippen LogP) is 1.86. The van der Waals surface area contributed by atoms with Gasteiger partial charge in [-0.05, 0) is 24.5 Å². The molecule has 1 aliphatic heterocycles. The minimum absolute atomic E-state index is 0.664. The highest BCUT2D eigenvalue weighted by atomic mass is 35.5. The van der Waals surface area contributed by atoms with Crippen molar-refractivity contribution in [3.63, 3.8) is 0 Å². The average molecular weight is 227 g/mol. The molecule has 15 heavy (non-hydrogen) atoms. The third kappa shape index (κ3) is 3.45. The van der Waals surface area contributed by atoms with Crippen molar-refractivity contribution in [1.29, 1.82) is 0 Å². The summed E-state index contributed by atoms with van der Waals surface area (Å²) in [5.74, 6) is 0.664. The van der Waals surface area contributed by atoms with Crippen molar-refractivity contribution in [1.82, 2.24) is 10.3 Å². The van der Waals surface area contributed by atoms with Gasteiger partial charge in [0.25, 0.3) is 0 Å². The molecule has 3 nitrogen and oxygen atoms in total. The van der Waals surface area contributed by atoms with Crippen LogP contribution in [0.2, 0.25) is 5.02 Å². The Morgan fingerprint density at radius 2 is 2.47 bits per heavy atom. The molecule has 1 unspecified atom stereocenters. The van der Waals surface area contributed by atoms with E-state index in [0.29, 0.717) is 10.9 Å². The molecular formula is C11H15ClN2O. The summed E-state index contributed by atoms with van der Waals surface area (Å²) < 4.78 is 5.30. The number of nitrogens with one attached hydrogen (secondary N) is 1. The molecule has 0 radical (unpaired) electrons. The predicted molar refractivity (Wildman–Crippen MR) is 59.9 cm³/mol. The van der Waals surface area contributed by atoms with Crippen LogP contribution in [0.15, 0.2) is 18.3 Å². The first-order valence-electron chi connectivity index (χ1n) is 5.23. The molecule has 0 saturated carbocycles. The van der Waals surface area contributed by atoms with Gasteiger partial charge in [-0.1, -0.05) is 11.6 Å². The Hall–Kier alpha value is -0.640. The van der Waals surface area contributed by atoms with Gasteiger partial charge in [0.05, 0.1) is 17.3 Å². The third-order valence-electron chi connectivity index (χ3n) is 2.55. The summed E-state index contributed by atoms with van der Waals surface area (Å²) in [5, 5.41) is 4.06. The quantitative estimate of drug-likeness (QED) is 0.851. The van der Waals surface area contributed by atoms with Crippen molar-refractivity contribution in [2.45, 2.75) is 13.0 Å². The Morgan fingerprint density at radius 1 is 1.53 bits per heavy atom. The van der Waals surface area contributed by atoms with Crippen molar-refractivity contribution in [2.24, 2.45) is 5.92 Å². The van der Waals surface area contributed by atoms with Gasteiger partial charge in [-0.25, -0.2) is 0 Å². The molecule has 0 aliphatic carbocycles. The zero-order chi connectivity index (χ0) is 10.5. The second kappa shape index (κ2) is 5.45. The Balaban J connectivity index is 1.71. The maximum atomic E-state index is 5.75. The van der Waals surface area contributed by atoms with Crippen LogP contribution in [0.5, 0.6) is 0 Å². The largest absolute Gasteiger partial charge is 0.381 e. The van der Waals surface area contributed by atoms with Crippen molar-refractivity contribution in [3.05, 3.63) is 29.0 Å². The molecule has 0 aromatic carbocycles. The van der Waals surface area contributed by atoms with Gasteiger partial charge in [0.1, 0.15) is 0 Å². The third-order valence-corrected chi connectivity index (χ3v) is 2.78. The average Bonchev–Trinajstić information content (AvgIpc) is 2.74. The first kappa shape index (κ1) is 10.9. The Labute approximate surface area is 94.8 Å². The van der Waals surface area contributed by atoms with Gasteiger partial charge in [0.2, 0.25) is 0 Å². The van der Waals surface area contributed by atoms with Gasteiger partial charge < -0.3 is 10.1 Å². The van der Waals surface area contributed by atoms with Crippen molar-refractivity contribution < 1.29 is 4.74 Å². The van der Waals surface area contributed by atoms with E-state index in [-0.39, 0.29) is 0 Å². The topological polar surface area (TPSA) is 34.1 Å². The van der Waals surface area contributed by atoms with Crippen LogP contribution in [0.3, 0.4) is 0 Å². The molecule has 0 bridgehead atoms. The van der Waals surface area contributed by atoms with Gasteiger partial charge in [0, 0.05) is 25.9 Å². The van der Waals surface area contributed by atoms with E-state index in [9.17, 15) is 0 Å². The van der Waals surface area contributed by atoms with Crippen LogP contribution >= 0.6 is 11.6 Å². The van der Waals surface area contributed by atoms with Crippen LogP contribution in [-0.4, -0.2) is 24.7 Å². The highest BCUT2D eigenvalue weighted by Crippen LogP contribution is 2.11. The second-order valence-corrected chi connectivity index (χ2v) is 4.26. The molecule has 1 aromatic heterocycles. The molecular weight excluding hydrogens is 212 g/mol. The molecule has 2 rings (SSSR count). The molecule has 1 atom stereocenters. The molecule has 1 fully saturated rings. The standard InChI is InChI=1S/C11H15ClN2O/c12-10-1-2-11(14-6-10)7-13-5-9-3-4-15-8-9/h1-2,6,9,13H,3-5,7-8H2. The Bertz CT molecular complexity index is 296. The van der Waals surface area contributed by atoms with Gasteiger partial charge >= 0.3 is 0 Å². The molecule has 82 valence electrons. The van der Waals surface area contributed by atoms with E-state index in [4.69, 9.17) is 16.3 Å². The minimum atomic E-state index is 0.664. The fraction of sp³-hybridized carbons (Fsp3) is 0.545. The summed E-state index contributed by atoms with van der Waals surface area (Å²) in [4.78, 5) is 4.22. The molecule has 1 N–H and O–H groups in total. The van der Waals surface area contributed by atoms with Crippen LogP contribution in [0, 0.1) is 5.92 Å². The van der Waals surface area contributed by atoms with Crippen LogP contribution in [0.25, 0.3) is 0 Å². The van der Waals surface area contributed by atoms with Crippen molar-refractivity contribution in [3.8, 4) is 0 Å². The number of hydrogen-bond donors (Lipinski definition) is 1. The summed E-state index contributed by atoms with van der Waals surface area (Å²) in [6.45, 7) is 3.60. The van der Waals surface area contributed by atoms with E-state index in [1.807, 2.05) is 12.1 Å². The van der Waals surface area contributed by atoms with Crippen LogP contribution < -0.4 is 5.32 Å². The molecule has 2 heterocycles. The number of rotatable bonds is 4. The zero-order valence-corrected chi connectivity index (χ0v) is 9.33. The molecule has 0 spiro atoms. The summed E-state index contributed by atoms with van der Waals surface area (Å²) in [6, 6.07) is 3.81. The van der Waals surface area contributed by atoms with E-state index in [1.165, 1.54) is 6.42 Å². The van der Waals surface area contributed by atoms with E-state index in [1.54, 1.807) is 6.20 Å². The molecule has 0 amide bonds. The zero-order valence-electron chi connectivity index (χ0n) is 8.58. The first-order chi connectivity index (χ1) is 7.34. The first-order valence-corrected chi connectivity index (χ1v) is 5.61.